The monoisotopic (exact) mass is 458 g/mol. The number of carbonyl (C=O) groups is 1. The third-order valence-corrected chi connectivity index (χ3v) is 8.75. The number of carbonyl (C=O) groups excluding carboxylic acids is 1. The van der Waals surface area contributed by atoms with Gasteiger partial charge in [-0.3, -0.25) is 9.48 Å². The molecule has 31 heavy (non-hydrogen) atoms. The molecule has 0 bridgehead atoms. The lowest BCUT2D eigenvalue weighted by Gasteiger charge is -2.25. The number of amides is 1. The van der Waals surface area contributed by atoms with Crippen molar-refractivity contribution in [1.29, 1.82) is 0 Å². The maximum atomic E-state index is 12.8. The highest BCUT2D eigenvalue weighted by Gasteiger charge is 2.27. The topological polar surface area (TPSA) is 84.3 Å². The van der Waals surface area contributed by atoms with E-state index in [0.717, 1.165) is 35.3 Å². The maximum Gasteiger partial charge on any atom is 0.252 e. The van der Waals surface area contributed by atoms with E-state index in [-0.39, 0.29) is 12.3 Å². The van der Waals surface area contributed by atoms with E-state index in [9.17, 15) is 13.2 Å². The summed E-state index contributed by atoms with van der Waals surface area (Å²) in [5.74, 6) is -0.121. The minimum Gasteiger partial charge on any atom is -0.352 e. The average molecular weight is 459 g/mol. The molecule has 7 nitrogen and oxygen atoms in total. The Kier molecular flexibility index (Phi) is 6.84. The van der Waals surface area contributed by atoms with E-state index in [1.165, 1.54) is 11.3 Å². The molecule has 0 unspecified atom stereocenters. The summed E-state index contributed by atoms with van der Waals surface area (Å²) in [4.78, 5) is 13.1. The van der Waals surface area contributed by atoms with Gasteiger partial charge in [0.25, 0.3) is 10.0 Å². The van der Waals surface area contributed by atoms with E-state index < -0.39 is 10.0 Å². The minimum absolute atomic E-state index is 0.121. The van der Waals surface area contributed by atoms with Gasteiger partial charge in [-0.15, -0.1) is 11.3 Å². The summed E-state index contributed by atoms with van der Waals surface area (Å²) in [6.07, 6.45) is 6.74. The number of aromatic nitrogens is 2. The van der Waals surface area contributed by atoms with Gasteiger partial charge in [0.05, 0.1) is 13.0 Å². The van der Waals surface area contributed by atoms with Gasteiger partial charge in [0.15, 0.2) is 0 Å². The second kappa shape index (κ2) is 9.76. The van der Waals surface area contributed by atoms with Crippen LogP contribution in [-0.4, -0.2) is 41.5 Å². The molecule has 1 fully saturated rings. The van der Waals surface area contributed by atoms with Crippen LogP contribution in [0.4, 0.5) is 0 Å². The van der Waals surface area contributed by atoms with E-state index in [1.54, 1.807) is 22.6 Å². The number of thiophene rings is 1. The van der Waals surface area contributed by atoms with Crippen LogP contribution in [0.3, 0.4) is 0 Å². The maximum absolute atomic E-state index is 12.8. The molecule has 0 atom stereocenters. The molecular weight excluding hydrogens is 432 g/mol. The Hall–Kier alpha value is -2.49. The number of benzene rings is 1. The summed E-state index contributed by atoms with van der Waals surface area (Å²) in [6.45, 7) is 2.31. The van der Waals surface area contributed by atoms with Crippen molar-refractivity contribution >= 4 is 27.3 Å². The van der Waals surface area contributed by atoms with Gasteiger partial charge >= 0.3 is 0 Å². The molecule has 1 saturated heterocycles. The van der Waals surface area contributed by atoms with Gasteiger partial charge in [-0.1, -0.05) is 30.7 Å². The molecule has 9 heteroatoms. The highest BCUT2D eigenvalue weighted by Crippen LogP contribution is 2.27. The molecule has 1 aromatic carbocycles. The van der Waals surface area contributed by atoms with Crippen LogP contribution in [-0.2, 0) is 34.3 Å². The molecule has 4 rings (SSSR count). The zero-order valence-corrected chi connectivity index (χ0v) is 18.9. The Morgan fingerprint density at radius 1 is 1.03 bits per heavy atom. The number of nitrogens with one attached hydrogen (secondary N) is 1. The summed E-state index contributed by atoms with van der Waals surface area (Å²) >= 11 is 1.19. The molecule has 2 aromatic heterocycles. The van der Waals surface area contributed by atoms with Crippen molar-refractivity contribution in [3.63, 3.8) is 0 Å². The fourth-order valence-corrected chi connectivity index (χ4v) is 6.62. The lowest BCUT2D eigenvalue weighted by atomic mass is 10.1. The summed E-state index contributed by atoms with van der Waals surface area (Å²) < 4.78 is 29.3. The lowest BCUT2D eigenvalue weighted by Crippen LogP contribution is -2.35. The molecule has 0 saturated carbocycles. The zero-order valence-electron chi connectivity index (χ0n) is 17.2. The molecule has 3 aromatic rings. The molecule has 1 aliphatic rings. The fraction of sp³-hybridized carbons (Fsp3) is 0.364. The van der Waals surface area contributed by atoms with Gasteiger partial charge in [-0.2, -0.15) is 9.40 Å². The Morgan fingerprint density at radius 2 is 1.77 bits per heavy atom. The highest BCUT2D eigenvalue weighted by atomic mass is 32.2. The Morgan fingerprint density at radius 3 is 2.48 bits per heavy atom. The number of nitrogens with zero attached hydrogens (tertiary/aromatic N) is 3. The summed E-state index contributed by atoms with van der Waals surface area (Å²) in [5, 5.41) is 7.11. The third-order valence-electron chi connectivity index (χ3n) is 5.30. The SMILES string of the molecule is O=C(Cc1ccc(S(=O)(=O)N2CCCCC2)s1)NCc1ccc(Cn2cccn2)cc1. The van der Waals surface area contributed by atoms with Crippen LogP contribution in [0.25, 0.3) is 0 Å². The number of hydrogen-bond acceptors (Lipinski definition) is 5. The summed E-state index contributed by atoms with van der Waals surface area (Å²) in [6, 6.07) is 13.3. The normalized spacial score (nSPS) is 15.1. The first-order valence-corrected chi connectivity index (χ1v) is 12.7. The first-order valence-electron chi connectivity index (χ1n) is 10.4. The van der Waals surface area contributed by atoms with E-state index in [0.29, 0.717) is 30.4 Å². The Bertz CT molecular complexity index is 1100. The standard InChI is InChI=1S/C22H26N4O3S2/c27-21(23-16-18-5-7-19(8-6-18)17-25-12-4-11-24-25)15-20-9-10-22(30-20)31(28,29)26-13-2-1-3-14-26/h4-12H,1-3,13-17H2,(H,23,27). The smallest absolute Gasteiger partial charge is 0.252 e. The minimum atomic E-state index is -3.44. The Balaban J connectivity index is 1.28. The van der Waals surface area contributed by atoms with Gasteiger partial charge in [-0.25, -0.2) is 8.42 Å². The van der Waals surface area contributed by atoms with E-state index in [4.69, 9.17) is 0 Å². The second-order valence-corrected chi connectivity index (χ2v) is 11.0. The molecule has 0 spiro atoms. The molecule has 1 N–H and O–H groups in total. The summed E-state index contributed by atoms with van der Waals surface area (Å²) in [5.41, 5.74) is 2.15. The van der Waals surface area contributed by atoms with Crippen LogP contribution >= 0.6 is 11.3 Å². The van der Waals surface area contributed by atoms with Crippen LogP contribution in [0.15, 0.2) is 59.1 Å². The molecule has 3 heterocycles. The van der Waals surface area contributed by atoms with E-state index >= 15 is 0 Å². The molecule has 164 valence electrons. The van der Waals surface area contributed by atoms with E-state index in [2.05, 4.69) is 10.4 Å². The number of piperidine rings is 1. The van der Waals surface area contributed by atoms with Crippen molar-refractivity contribution in [3.05, 3.63) is 70.9 Å². The van der Waals surface area contributed by atoms with Gasteiger partial charge in [-0.05, 0) is 42.2 Å². The summed E-state index contributed by atoms with van der Waals surface area (Å²) in [7, 11) is -3.44. The number of hydrogen-bond donors (Lipinski definition) is 1. The van der Waals surface area contributed by atoms with Crippen LogP contribution in [0.2, 0.25) is 0 Å². The molecular formula is C22H26N4O3S2. The van der Waals surface area contributed by atoms with Gasteiger partial charge in [0, 0.05) is 36.9 Å². The molecule has 1 amide bonds. The lowest BCUT2D eigenvalue weighted by molar-refractivity contribution is -0.120. The highest BCUT2D eigenvalue weighted by molar-refractivity contribution is 7.91. The van der Waals surface area contributed by atoms with Gasteiger partial charge in [0.2, 0.25) is 5.91 Å². The first-order chi connectivity index (χ1) is 15.0. The van der Waals surface area contributed by atoms with E-state index in [1.807, 2.05) is 41.2 Å². The fourth-order valence-electron chi connectivity index (χ4n) is 3.59. The van der Waals surface area contributed by atoms with Crippen LogP contribution < -0.4 is 5.32 Å². The van der Waals surface area contributed by atoms with Crippen molar-refractivity contribution in [2.45, 2.75) is 43.0 Å². The first kappa shape index (κ1) is 21.7. The Labute approximate surface area is 186 Å². The van der Waals surface area contributed by atoms with Crippen molar-refractivity contribution in [1.82, 2.24) is 19.4 Å². The number of sulfonamides is 1. The molecule has 0 aliphatic carbocycles. The van der Waals surface area contributed by atoms with Crippen molar-refractivity contribution in [3.8, 4) is 0 Å². The largest absolute Gasteiger partial charge is 0.352 e. The van der Waals surface area contributed by atoms with Crippen molar-refractivity contribution < 1.29 is 13.2 Å². The second-order valence-electron chi connectivity index (χ2n) is 7.66. The van der Waals surface area contributed by atoms with Crippen molar-refractivity contribution in [2.75, 3.05) is 13.1 Å². The quantitative estimate of drug-likeness (QED) is 0.562. The predicted octanol–water partition coefficient (Wildman–Crippen LogP) is 3.03. The van der Waals surface area contributed by atoms with Gasteiger partial charge in [0.1, 0.15) is 4.21 Å². The predicted molar refractivity (Wildman–Crippen MR) is 120 cm³/mol. The zero-order chi connectivity index (χ0) is 21.7. The van der Waals surface area contributed by atoms with Gasteiger partial charge < -0.3 is 5.32 Å². The number of rotatable bonds is 8. The van der Waals surface area contributed by atoms with Crippen molar-refractivity contribution in [2.24, 2.45) is 0 Å². The van der Waals surface area contributed by atoms with Crippen LogP contribution in [0.5, 0.6) is 0 Å². The van der Waals surface area contributed by atoms with Crippen LogP contribution in [0, 0.1) is 0 Å². The molecule has 1 aliphatic heterocycles. The molecule has 0 radical (unpaired) electrons. The van der Waals surface area contributed by atoms with Crippen LogP contribution in [0.1, 0.15) is 35.3 Å². The third kappa shape index (κ3) is 5.61. The average Bonchev–Trinajstić information content (AvgIpc) is 3.46.